The molecule has 2 heterocycles. The highest BCUT2D eigenvalue weighted by molar-refractivity contribution is 7.91. The lowest BCUT2D eigenvalue weighted by Gasteiger charge is -2.23. The Hall–Kier alpha value is -0.880. The minimum atomic E-state index is -2.93. The van der Waals surface area contributed by atoms with Crippen LogP contribution in [0.3, 0.4) is 0 Å². The van der Waals surface area contributed by atoms with Crippen LogP contribution in [0.2, 0.25) is 0 Å². The standard InChI is InChI=1S/C11H15NO3S2/c1-12(9-4-6-17(14,15)8-9)11(13)7-10-3-2-5-16-10/h2-3,5,9H,4,6-8H2,1H3/t9-/m0/s1. The van der Waals surface area contributed by atoms with Crippen molar-refractivity contribution in [3.63, 3.8) is 0 Å². The molecule has 2 rings (SSSR count). The lowest BCUT2D eigenvalue weighted by atomic mass is 10.2. The quantitative estimate of drug-likeness (QED) is 0.823. The molecule has 1 aromatic rings. The first-order valence-electron chi connectivity index (χ1n) is 5.46. The van der Waals surface area contributed by atoms with Crippen LogP contribution in [0, 0.1) is 0 Å². The Morgan fingerprint density at radius 1 is 1.59 bits per heavy atom. The van der Waals surface area contributed by atoms with Gasteiger partial charge in [-0.1, -0.05) is 6.07 Å². The molecule has 0 spiro atoms. The van der Waals surface area contributed by atoms with Crippen molar-refractivity contribution < 1.29 is 13.2 Å². The van der Waals surface area contributed by atoms with Crippen LogP contribution in [0.25, 0.3) is 0 Å². The second-order valence-electron chi connectivity index (χ2n) is 4.32. The zero-order valence-corrected chi connectivity index (χ0v) is 11.3. The number of nitrogens with zero attached hydrogens (tertiary/aromatic N) is 1. The molecule has 0 aromatic carbocycles. The Balaban J connectivity index is 1.96. The van der Waals surface area contributed by atoms with E-state index in [-0.39, 0.29) is 23.5 Å². The fraction of sp³-hybridized carbons (Fsp3) is 0.545. The first-order valence-corrected chi connectivity index (χ1v) is 8.16. The second kappa shape index (κ2) is 4.78. The molecule has 0 aliphatic carbocycles. The van der Waals surface area contributed by atoms with Gasteiger partial charge in [0.25, 0.3) is 0 Å². The zero-order valence-electron chi connectivity index (χ0n) is 9.63. The number of hydrogen-bond donors (Lipinski definition) is 0. The number of carbonyl (C=O) groups excluding carboxylic acids is 1. The summed E-state index contributed by atoms with van der Waals surface area (Å²) in [4.78, 5) is 14.6. The number of carbonyl (C=O) groups is 1. The van der Waals surface area contributed by atoms with Gasteiger partial charge in [0.2, 0.25) is 5.91 Å². The number of hydrogen-bond acceptors (Lipinski definition) is 4. The fourth-order valence-corrected chi connectivity index (χ4v) is 4.44. The zero-order chi connectivity index (χ0) is 12.5. The summed E-state index contributed by atoms with van der Waals surface area (Å²) in [5, 5.41) is 1.93. The third kappa shape index (κ3) is 3.07. The molecule has 94 valence electrons. The van der Waals surface area contributed by atoms with Gasteiger partial charge in [0.05, 0.1) is 17.9 Å². The first kappa shape index (κ1) is 12.6. The van der Waals surface area contributed by atoms with Crippen molar-refractivity contribution in [2.45, 2.75) is 18.9 Å². The van der Waals surface area contributed by atoms with Gasteiger partial charge in [-0.15, -0.1) is 11.3 Å². The summed E-state index contributed by atoms with van der Waals surface area (Å²) in [5.74, 6) is 0.308. The third-order valence-electron chi connectivity index (χ3n) is 3.06. The molecule has 17 heavy (non-hydrogen) atoms. The minimum absolute atomic E-state index is 0.00505. The molecule has 1 aromatic heterocycles. The van der Waals surface area contributed by atoms with Crippen molar-refractivity contribution in [1.82, 2.24) is 4.90 Å². The van der Waals surface area contributed by atoms with Crippen LogP contribution in [0.4, 0.5) is 0 Å². The molecule has 4 nitrogen and oxygen atoms in total. The van der Waals surface area contributed by atoms with Crippen molar-refractivity contribution in [3.05, 3.63) is 22.4 Å². The maximum Gasteiger partial charge on any atom is 0.227 e. The lowest BCUT2D eigenvalue weighted by molar-refractivity contribution is -0.130. The van der Waals surface area contributed by atoms with Gasteiger partial charge < -0.3 is 4.90 Å². The molecule has 1 saturated heterocycles. The van der Waals surface area contributed by atoms with E-state index in [9.17, 15) is 13.2 Å². The molecular weight excluding hydrogens is 258 g/mol. The predicted molar refractivity (Wildman–Crippen MR) is 67.9 cm³/mol. The maximum absolute atomic E-state index is 11.9. The van der Waals surface area contributed by atoms with Crippen molar-refractivity contribution in [2.75, 3.05) is 18.6 Å². The van der Waals surface area contributed by atoms with Crippen LogP contribution in [-0.4, -0.2) is 43.8 Å². The number of rotatable bonds is 3. The van der Waals surface area contributed by atoms with Gasteiger partial charge in [-0.2, -0.15) is 0 Å². The van der Waals surface area contributed by atoms with Gasteiger partial charge in [0, 0.05) is 18.0 Å². The number of sulfone groups is 1. The van der Waals surface area contributed by atoms with E-state index in [0.717, 1.165) is 4.88 Å². The highest BCUT2D eigenvalue weighted by Gasteiger charge is 2.32. The van der Waals surface area contributed by atoms with E-state index in [2.05, 4.69) is 0 Å². The van der Waals surface area contributed by atoms with E-state index in [4.69, 9.17) is 0 Å². The van der Waals surface area contributed by atoms with Crippen LogP contribution in [0.1, 0.15) is 11.3 Å². The Morgan fingerprint density at radius 2 is 2.35 bits per heavy atom. The van der Waals surface area contributed by atoms with Gasteiger partial charge in [0.1, 0.15) is 0 Å². The summed E-state index contributed by atoms with van der Waals surface area (Å²) in [6.45, 7) is 0. The minimum Gasteiger partial charge on any atom is -0.341 e. The summed E-state index contributed by atoms with van der Waals surface area (Å²) in [6, 6.07) is 3.68. The molecule has 0 saturated carbocycles. The second-order valence-corrected chi connectivity index (χ2v) is 7.58. The summed E-state index contributed by atoms with van der Waals surface area (Å²) >= 11 is 1.55. The van der Waals surface area contributed by atoms with Crippen molar-refractivity contribution in [3.8, 4) is 0 Å². The predicted octanol–water partition coefficient (Wildman–Crippen LogP) is 0.936. The normalized spacial score (nSPS) is 22.5. The average molecular weight is 273 g/mol. The maximum atomic E-state index is 11.9. The van der Waals surface area contributed by atoms with Crippen molar-refractivity contribution in [1.29, 1.82) is 0 Å². The molecule has 0 radical (unpaired) electrons. The first-order chi connectivity index (χ1) is 7.98. The summed E-state index contributed by atoms with van der Waals surface area (Å²) in [6.07, 6.45) is 0.930. The van der Waals surface area contributed by atoms with Crippen molar-refractivity contribution in [2.24, 2.45) is 0 Å². The van der Waals surface area contributed by atoms with Crippen LogP contribution in [0.5, 0.6) is 0 Å². The highest BCUT2D eigenvalue weighted by atomic mass is 32.2. The Morgan fingerprint density at radius 3 is 2.88 bits per heavy atom. The third-order valence-corrected chi connectivity index (χ3v) is 5.68. The Bertz CT molecular complexity index is 493. The smallest absolute Gasteiger partial charge is 0.227 e. The van der Waals surface area contributed by atoms with E-state index in [1.165, 1.54) is 0 Å². The van der Waals surface area contributed by atoms with Gasteiger partial charge in [0.15, 0.2) is 9.84 Å². The molecule has 1 aliphatic heterocycles. The fourth-order valence-electron chi connectivity index (χ4n) is 1.97. The molecule has 6 heteroatoms. The molecule has 0 N–H and O–H groups in total. The van der Waals surface area contributed by atoms with Crippen LogP contribution in [0.15, 0.2) is 17.5 Å². The summed E-state index contributed by atoms with van der Waals surface area (Å²) < 4.78 is 22.7. The molecule has 0 bridgehead atoms. The van der Waals surface area contributed by atoms with Gasteiger partial charge in [-0.3, -0.25) is 4.79 Å². The molecule has 1 aliphatic rings. The summed E-state index contributed by atoms with van der Waals surface area (Å²) in [7, 11) is -1.23. The summed E-state index contributed by atoms with van der Waals surface area (Å²) in [5.41, 5.74) is 0. The van der Waals surface area contributed by atoms with Crippen LogP contribution in [-0.2, 0) is 21.1 Å². The molecule has 1 fully saturated rings. The average Bonchev–Trinajstić information content (AvgIpc) is 2.86. The number of likely N-dealkylation sites (N-methyl/N-ethyl adjacent to an activating group) is 1. The molecular formula is C11H15NO3S2. The van der Waals surface area contributed by atoms with E-state index in [1.54, 1.807) is 23.3 Å². The van der Waals surface area contributed by atoms with Gasteiger partial charge in [-0.05, 0) is 17.9 Å². The van der Waals surface area contributed by atoms with Crippen LogP contribution < -0.4 is 0 Å². The Kier molecular flexibility index (Phi) is 3.53. The highest BCUT2D eigenvalue weighted by Crippen LogP contribution is 2.18. The number of amides is 1. The Labute approximate surface area is 105 Å². The molecule has 1 atom stereocenters. The molecule has 0 unspecified atom stereocenters. The number of thiophene rings is 1. The van der Waals surface area contributed by atoms with E-state index < -0.39 is 9.84 Å². The molecule has 1 amide bonds. The lowest BCUT2D eigenvalue weighted by Crippen LogP contribution is -2.38. The van der Waals surface area contributed by atoms with E-state index >= 15 is 0 Å². The largest absolute Gasteiger partial charge is 0.341 e. The SMILES string of the molecule is CN(C(=O)Cc1cccs1)[C@H]1CCS(=O)(=O)C1. The monoisotopic (exact) mass is 273 g/mol. The van der Waals surface area contributed by atoms with E-state index in [1.807, 2.05) is 17.5 Å². The topological polar surface area (TPSA) is 54.5 Å². The van der Waals surface area contributed by atoms with Gasteiger partial charge in [-0.25, -0.2) is 8.42 Å². The van der Waals surface area contributed by atoms with Gasteiger partial charge >= 0.3 is 0 Å². The van der Waals surface area contributed by atoms with Crippen molar-refractivity contribution >= 4 is 27.1 Å². The van der Waals surface area contributed by atoms with Crippen LogP contribution >= 0.6 is 11.3 Å². The van der Waals surface area contributed by atoms with E-state index in [0.29, 0.717) is 12.8 Å².